The van der Waals surface area contributed by atoms with Gasteiger partial charge in [-0.15, -0.1) is 0 Å². The van der Waals surface area contributed by atoms with Crippen molar-refractivity contribution in [2.75, 3.05) is 19.6 Å². The van der Waals surface area contributed by atoms with Crippen molar-refractivity contribution in [1.82, 2.24) is 16.0 Å². The lowest BCUT2D eigenvalue weighted by molar-refractivity contribution is -0.142. The summed E-state index contributed by atoms with van der Waals surface area (Å²) >= 11 is 0. The molecule has 0 aliphatic heterocycles. The van der Waals surface area contributed by atoms with Crippen molar-refractivity contribution >= 4 is 29.7 Å². The van der Waals surface area contributed by atoms with E-state index >= 15 is 0 Å². The Hall–Kier alpha value is -3.95. The lowest BCUT2D eigenvalue weighted by Gasteiger charge is -2.25. The zero-order valence-corrected chi connectivity index (χ0v) is 24.0. The number of guanidine groups is 1. The summed E-state index contributed by atoms with van der Waals surface area (Å²) in [5, 5.41) is 27.1. The van der Waals surface area contributed by atoms with Gasteiger partial charge in [0.25, 0.3) is 0 Å². The molecule has 15 heteroatoms. The van der Waals surface area contributed by atoms with Crippen molar-refractivity contribution in [2.45, 2.75) is 82.0 Å². The molecule has 0 aliphatic carbocycles. The molecule has 1 aromatic carbocycles. The predicted octanol–water partition coefficient (Wildman–Crippen LogP) is -1.89. The molecule has 236 valence electrons. The molecule has 42 heavy (non-hydrogen) atoms. The first-order chi connectivity index (χ1) is 20.0. The summed E-state index contributed by atoms with van der Waals surface area (Å²) in [7, 11) is 0. The number of carboxylic acids is 1. The second-order valence-corrected chi connectivity index (χ2v) is 10.0. The van der Waals surface area contributed by atoms with Gasteiger partial charge in [0.2, 0.25) is 17.7 Å². The Balaban J connectivity index is 3.08. The fourth-order valence-electron chi connectivity index (χ4n) is 4.06. The molecule has 3 amide bonds. The second-order valence-electron chi connectivity index (χ2n) is 10.0. The minimum Gasteiger partial charge on any atom is -0.508 e. The average Bonchev–Trinajstić information content (AvgIpc) is 2.94. The Morgan fingerprint density at radius 3 is 1.83 bits per heavy atom. The number of benzene rings is 1. The number of phenols is 1. The minimum atomic E-state index is -1.25. The van der Waals surface area contributed by atoms with E-state index in [9.17, 15) is 29.4 Å². The van der Waals surface area contributed by atoms with Gasteiger partial charge in [0.05, 0.1) is 6.04 Å². The van der Waals surface area contributed by atoms with Crippen LogP contribution >= 0.6 is 0 Å². The van der Waals surface area contributed by atoms with E-state index < -0.39 is 47.9 Å². The summed E-state index contributed by atoms with van der Waals surface area (Å²) in [6.07, 6.45) is 3.36. The molecule has 0 radical (unpaired) electrons. The number of nitrogens with zero attached hydrogens (tertiary/aromatic N) is 1. The number of hydrogen-bond donors (Lipinski definition) is 10. The zero-order valence-electron chi connectivity index (χ0n) is 24.0. The van der Waals surface area contributed by atoms with Crippen LogP contribution in [-0.4, -0.2) is 83.7 Å². The molecule has 0 spiro atoms. The summed E-state index contributed by atoms with van der Waals surface area (Å²) in [6.45, 7) is 1.02. The smallest absolute Gasteiger partial charge is 0.326 e. The highest BCUT2D eigenvalue weighted by Crippen LogP contribution is 2.13. The molecule has 0 bridgehead atoms. The molecule has 0 fully saturated rings. The number of unbranched alkanes of at least 4 members (excludes halogenated alkanes) is 2. The van der Waals surface area contributed by atoms with Crippen LogP contribution in [0.25, 0.3) is 0 Å². The third kappa shape index (κ3) is 14.6. The van der Waals surface area contributed by atoms with Crippen molar-refractivity contribution < 1.29 is 29.4 Å². The van der Waals surface area contributed by atoms with E-state index in [1.807, 2.05) is 0 Å². The lowest BCUT2D eigenvalue weighted by Crippen LogP contribution is -2.57. The van der Waals surface area contributed by atoms with E-state index in [2.05, 4.69) is 20.9 Å². The number of aliphatic imine (C=N–C) groups is 1. The Labute approximate surface area is 246 Å². The van der Waals surface area contributed by atoms with Crippen LogP contribution in [0, 0.1) is 0 Å². The maximum atomic E-state index is 13.5. The van der Waals surface area contributed by atoms with Gasteiger partial charge < -0.3 is 54.8 Å². The number of hydrogen-bond acceptors (Lipinski definition) is 9. The number of phenolic OH excluding ortho intramolecular Hbond substituents is 1. The molecule has 15 nitrogen and oxygen atoms in total. The number of carbonyl (C=O) groups is 4. The summed E-state index contributed by atoms with van der Waals surface area (Å²) in [5.74, 6) is -3.23. The zero-order chi connectivity index (χ0) is 31.5. The molecular weight excluding hydrogens is 546 g/mol. The van der Waals surface area contributed by atoms with Gasteiger partial charge >= 0.3 is 5.97 Å². The van der Waals surface area contributed by atoms with Crippen LogP contribution in [-0.2, 0) is 25.6 Å². The molecule has 1 rings (SSSR count). The quantitative estimate of drug-likeness (QED) is 0.0427. The fraction of sp³-hybridized carbons (Fsp3) is 0.593. The van der Waals surface area contributed by atoms with Crippen molar-refractivity contribution in [3.63, 3.8) is 0 Å². The molecule has 0 aliphatic rings. The summed E-state index contributed by atoms with van der Waals surface area (Å²) in [5.41, 5.74) is 28.4. The largest absolute Gasteiger partial charge is 0.508 e. The highest BCUT2D eigenvalue weighted by Gasteiger charge is 2.30. The van der Waals surface area contributed by atoms with Crippen LogP contribution in [0.4, 0.5) is 0 Å². The molecule has 0 heterocycles. The molecule has 0 unspecified atom stereocenters. The monoisotopic (exact) mass is 593 g/mol. The van der Waals surface area contributed by atoms with Crippen LogP contribution in [0.15, 0.2) is 29.3 Å². The Morgan fingerprint density at radius 2 is 1.26 bits per heavy atom. The first kappa shape index (κ1) is 36.1. The molecule has 0 saturated carbocycles. The minimum absolute atomic E-state index is 0.0358. The molecular formula is C27H47N9O6. The molecule has 1 aromatic rings. The van der Waals surface area contributed by atoms with Crippen molar-refractivity contribution in [1.29, 1.82) is 0 Å². The fourth-order valence-corrected chi connectivity index (χ4v) is 4.06. The van der Waals surface area contributed by atoms with Crippen LogP contribution in [0.3, 0.4) is 0 Å². The van der Waals surface area contributed by atoms with Crippen LogP contribution in [0.2, 0.25) is 0 Å². The molecule has 0 saturated heterocycles. The highest BCUT2D eigenvalue weighted by atomic mass is 16.4. The normalized spacial score (nSPS) is 13.7. The van der Waals surface area contributed by atoms with Crippen molar-refractivity contribution in [3.05, 3.63) is 29.8 Å². The van der Waals surface area contributed by atoms with E-state index in [0.29, 0.717) is 57.2 Å². The van der Waals surface area contributed by atoms with Crippen LogP contribution in [0.5, 0.6) is 5.75 Å². The van der Waals surface area contributed by atoms with Crippen molar-refractivity contribution in [3.8, 4) is 5.75 Å². The summed E-state index contributed by atoms with van der Waals surface area (Å²) < 4.78 is 0. The maximum Gasteiger partial charge on any atom is 0.326 e. The SMILES string of the molecule is NCCCC[C@H](NC(=O)[C@H](Cc1ccc(O)cc1)NC(=O)[C@@H](N)CCCCN)C(=O)N[C@@H](CCCN=C(N)N)C(=O)O. The van der Waals surface area contributed by atoms with E-state index in [1.54, 1.807) is 12.1 Å². The average molecular weight is 594 g/mol. The molecule has 15 N–H and O–H groups in total. The second kappa shape index (κ2) is 20.0. The number of nitrogens with two attached hydrogens (primary N) is 5. The van der Waals surface area contributed by atoms with E-state index in [0.717, 1.165) is 0 Å². The van der Waals surface area contributed by atoms with Gasteiger partial charge in [0.1, 0.15) is 23.9 Å². The maximum absolute atomic E-state index is 13.5. The first-order valence-electron chi connectivity index (χ1n) is 14.1. The Kier molecular flexibility index (Phi) is 17.2. The van der Waals surface area contributed by atoms with Gasteiger partial charge in [-0.1, -0.05) is 18.6 Å². The standard InChI is InChI=1S/C27H47N9O6/c28-13-3-1-6-19(30)23(38)36-22(16-17-9-11-18(37)12-10-17)25(40)34-20(7-2-4-14-29)24(39)35-21(26(41)42)8-5-15-33-27(31)32/h9-12,19-22,37H,1-8,13-16,28-30H2,(H,34,40)(H,35,39)(H,36,38)(H,41,42)(H4,31,32,33)/t19-,20-,21-,22-/m0/s1. The lowest BCUT2D eigenvalue weighted by atomic mass is 10.0. The van der Waals surface area contributed by atoms with Crippen LogP contribution in [0.1, 0.15) is 56.9 Å². The Bertz CT molecular complexity index is 1020. The first-order valence-corrected chi connectivity index (χ1v) is 14.1. The van der Waals surface area contributed by atoms with Gasteiger partial charge in [0.15, 0.2) is 5.96 Å². The van der Waals surface area contributed by atoms with E-state index in [4.69, 9.17) is 28.7 Å². The molecule has 0 aromatic heterocycles. The third-order valence-corrected chi connectivity index (χ3v) is 6.45. The number of carbonyl (C=O) groups excluding carboxylic acids is 3. The predicted molar refractivity (Wildman–Crippen MR) is 159 cm³/mol. The number of aromatic hydroxyl groups is 1. The van der Waals surface area contributed by atoms with Gasteiger partial charge in [-0.3, -0.25) is 19.4 Å². The highest BCUT2D eigenvalue weighted by molar-refractivity contribution is 5.94. The van der Waals surface area contributed by atoms with Gasteiger partial charge in [-0.25, -0.2) is 4.79 Å². The summed E-state index contributed by atoms with van der Waals surface area (Å²) in [6, 6.07) is 1.80. The van der Waals surface area contributed by atoms with Crippen molar-refractivity contribution in [2.24, 2.45) is 33.7 Å². The molecule has 4 atom stereocenters. The van der Waals surface area contributed by atoms with E-state index in [-0.39, 0.29) is 37.5 Å². The number of amides is 3. The number of nitrogens with one attached hydrogen (secondary N) is 3. The topological polar surface area (TPSA) is 287 Å². The van der Waals surface area contributed by atoms with Gasteiger partial charge in [-0.05, 0) is 75.7 Å². The van der Waals surface area contributed by atoms with Crippen LogP contribution < -0.4 is 44.6 Å². The number of aliphatic carboxylic acids is 1. The van der Waals surface area contributed by atoms with Gasteiger partial charge in [0, 0.05) is 13.0 Å². The van der Waals surface area contributed by atoms with Gasteiger partial charge in [-0.2, -0.15) is 0 Å². The van der Waals surface area contributed by atoms with E-state index in [1.165, 1.54) is 12.1 Å². The number of carboxylic acid groups (broad SMARTS) is 1. The Morgan fingerprint density at radius 1 is 0.738 bits per heavy atom. The third-order valence-electron chi connectivity index (χ3n) is 6.45. The summed E-state index contributed by atoms with van der Waals surface area (Å²) in [4.78, 5) is 55.1. The number of rotatable bonds is 21.